The first-order valence-corrected chi connectivity index (χ1v) is 7.91. The van der Waals surface area contributed by atoms with E-state index in [1.54, 1.807) is 7.05 Å². The Labute approximate surface area is 150 Å². The number of benzene rings is 2. The van der Waals surface area contributed by atoms with Crippen LogP contribution in [0.1, 0.15) is 22.8 Å². The highest BCUT2D eigenvalue weighted by atomic mass is 16.6. The average molecular weight is 357 g/mol. The molecule has 0 fully saturated rings. The van der Waals surface area contributed by atoms with E-state index in [2.05, 4.69) is 10.6 Å². The summed E-state index contributed by atoms with van der Waals surface area (Å²) >= 11 is 0. The van der Waals surface area contributed by atoms with E-state index in [4.69, 9.17) is 4.74 Å². The molecule has 0 radical (unpaired) electrons. The van der Waals surface area contributed by atoms with Crippen molar-refractivity contribution < 1.29 is 19.2 Å². The van der Waals surface area contributed by atoms with E-state index in [1.807, 2.05) is 30.3 Å². The number of carbonyl (C=O) groups is 2. The summed E-state index contributed by atoms with van der Waals surface area (Å²) in [5.41, 5.74) is 0.944. The first kappa shape index (κ1) is 18.9. The SMILES string of the molecule is CNc1ccc(C(=O)OC(C)C(=O)NCc2ccccc2)cc1[N+](=O)[O-]. The second kappa shape index (κ2) is 8.61. The minimum atomic E-state index is -1.03. The molecular weight excluding hydrogens is 338 g/mol. The van der Waals surface area contributed by atoms with Crippen molar-refractivity contribution in [2.24, 2.45) is 0 Å². The number of esters is 1. The zero-order valence-electron chi connectivity index (χ0n) is 14.4. The van der Waals surface area contributed by atoms with E-state index >= 15 is 0 Å². The highest BCUT2D eigenvalue weighted by Gasteiger charge is 2.22. The van der Waals surface area contributed by atoms with Crippen molar-refractivity contribution in [3.05, 3.63) is 69.8 Å². The molecule has 0 aliphatic rings. The van der Waals surface area contributed by atoms with Crippen LogP contribution in [0.2, 0.25) is 0 Å². The highest BCUT2D eigenvalue weighted by Crippen LogP contribution is 2.25. The predicted octanol–water partition coefficient (Wildman–Crippen LogP) is 2.50. The van der Waals surface area contributed by atoms with Gasteiger partial charge in [-0.25, -0.2) is 4.79 Å². The zero-order valence-corrected chi connectivity index (χ0v) is 14.4. The van der Waals surface area contributed by atoms with Crippen molar-refractivity contribution in [2.75, 3.05) is 12.4 Å². The van der Waals surface area contributed by atoms with Crippen molar-refractivity contribution in [1.82, 2.24) is 5.32 Å². The fraction of sp³-hybridized carbons (Fsp3) is 0.222. The quantitative estimate of drug-likeness (QED) is 0.447. The Morgan fingerprint density at radius 3 is 2.50 bits per heavy atom. The molecule has 1 amide bonds. The molecule has 0 bridgehead atoms. The zero-order chi connectivity index (χ0) is 19.1. The highest BCUT2D eigenvalue weighted by molar-refractivity contribution is 5.93. The summed E-state index contributed by atoms with van der Waals surface area (Å²) < 4.78 is 5.10. The number of carbonyl (C=O) groups excluding carboxylic acids is 2. The Hall–Kier alpha value is -3.42. The van der Waals surface area contributed by atoms with Gasteiger partial charge in [0.25, 0.3) is 11.6 Å². The molecular formula is C18H19N3O5. The smallest absolute Gasteiger partial charge is 0.339 e. The molecule has 8 nitrogen and oxygen atoms in total. The van der Waals surface area contributed by atoms with Gasteiger partial charge in [-0.05, 0) is 24.6 Å². The Balaban J connectivity index is 1.98. The van der Waals surface area contributed by atoms with Crippen molar-refractivity contribution in [2.45, 2.75) is 19.6 Å². The van der Waals surface area contributed by atoms with Gasteiger partial charge in [0.1, 0.15) is 5.69 Å². The van der Waals surface area contributed by atoms with Crippen LogP contribution in [0.25, 0.3) is 0 Å². The van der Waals surface area contributed by atoms with Crippen LogP contribution in [0.4, 0.5) is 11.4 Å². The van der Waals surface area contributed by atoms with Gasteiger partial charge in [0, 0.05) is 19.7 Å². The van der Waals surface area contributed by atoms with Crippen LogP contribution in [0, 0.1) is 10.1 Å². The van der Waals surface area contributed by atoms with Crippen molar-refractivity contribution >= 4 is 23.3 Å². The number of amides is 1. The van der Waals surface area contributed by atoms with E-state index in [0.717, 1.165) is 11.6 Å². The molecule has 0 saturated heterocycles. The summed E-state index contributed by atoms with van der Waals surface area (Å²) in [6.07, 6.45) is -1.03. The fourth-order valence-corrected chi connectivity index (χ4v) is 2.23. The molecule has 0 heterocycles. The van der Waals surface area contributed by atoms with Gasteiger partial charge in [-0.15, -0.1) is 0 Å². The lowest BCUT2D eigenvalue weighted by Gasteiger charge is -2.14. The Morgan fingerprint density at radius 2 is 1.88 bits per heavy atom. The van der Waals surface area contributed by atoms with Crippen LogP contribution in [-0.2, 0) is 16.1 Å². The summed E-state index contributed by atoms with van der Waals surface area (Å²) in [6, 6.07) is 13.2. The van der Waals surface area contributed by atoms with Gasteiger partial charge in [0.05, 0.1) is 10.5 Å². The van der Waals surface area contributed by atoms with Gasteiger partial charge in [-0.2, -0.15) is 0 Å². The number of nitro benzene ring substituents is 1. The largest absolute Gasteiger partial charge is 0.449 e. The van der Waals surface area contributed by atoms with E-state index in [9.17, 15) is 19.7 Å². The Bertz CT molecular complexity index is 808. The first-order chi connectivity index (χ1) is 12.4. The summed E-state index contributed by atoms with van der Waals surface area (Å²) in [6.45, 7) is 1.75. The molecule has 2 aromatic carbocycles. The molecule has 0 saturated carbocycles. The number of ether oxygens (including phenoxy) is 1. The Kier molecular flexibility index (Phi) is 6.26. The third-order valence-corrected chi connectivity index (χ3v) is 3.66. The van der Waals surface area contributed by atoms with Gasteiger partial charge in [0.2, 0.25) is 0 Å². The van der Waals surface area contributed by atoms with Gasteiger partial charge in [-0.1, -0.05) is 30.3 Å². The van der Waals surface area contributed by atoms with Gasteiger partial charge >= 0.3 is 5.97 Å². The molecule has 0 aromatic heterocycles. The van der Waals surface area contributed by atoms with Gasteiger partial charge < -0.3 is 15.4 Å². The van der Waals surface area contributed by atoms with Crippen molar-refractivity contribution in [3.63, 3.8) is 0 Å². The minimum Gasteiger partial charge on any atom is -0.449 e. The van der Waals surface area contributed by atoms with Crippen LogP contribution in [0.5, 0.6) is 0 Å². The third kappa shape index (κ3) is 4.79. The molecule has 2 N–H and O–H groups in total. The standard InChI is InChI=1S/C18H19N3O5/c1-12(17(22)20-11-13-6-4-3-5-7-13)26-18(23)14-8-9-15(19-2)16(10-14)21(24)25/h3-10,12,19H,11H2,1-2H3,(H,20,22). The lowest BCUT2D eigenvalue weighted by molar-refractivity contribution is -0.384. The first-order valence-electron chi connectivity index (χ1n) is 7.91. The molecule has 2 rings (SSSR count). The van der Waals surface area contributed by atoms with E-state index < -0.39 is 22.9 Å². The van der Waals surface area contributed by atoms with Crippen molar-refractivity contribution in [1.29, 1.82) is 0 Å². The van der Waals surface area contributed by atoms with Crippen LogP contribution >= 0.6 is 0 Å². The normalized spacial score (nSPS) is 11.3. The van der Waals surface area contributed by atoms with Gasteiger partial charge in [-0.3, -0.25) is 14.9 Å². The fourth-order valence-electron chi connectivity index (χ4n) is 2.23. The third-order valence-electron chi connectivity index (χ3n) is 3.66. The summed E-state index contributed by atoms with van der Waals surface area (Å²) in [5, 5.41) is 16.4. The average Bonchev–Trinajstić information content (AvgIpc) is 2.66. The maximum atomic E-state index is 12.2. The van der Waals surface area contributed by atoms with E-state index in [1.165, 1.54) is 19.1 Å². The molecule has 0 spiro atoms. The molecule has 136 valence electrons. The number of hydrogen-bond donors (Lipinski definition) is 2. The summed E-state index contributed by atoms with van der Waals surface area (Å²) in [4.78, 5) is 34.7. The Morgan fingerprint density at radius 1 is 1.19 bits per heavy atom. The van der Waals surface area contributed by atoms with Crippen LogP contribution in [0.3, 0.4) is 0 Å². The molecule has 0 aliphatic carbocycles. The number of nitrogens with zero attached hydrogens (tertiary/aromatic N) is 1. The van der Waals surface area contributed by atoms with Crippen LogP contribution in [-0.4, -0.2) is 30.0 Å². The molecule has 2 aromatic rings. The number of nitrogens with one attached hydrogen (secondary N) is 2. The number of nitro groups is 1. The van der Waals surface area contributed by atoms with E-state index in [0.29, 0.717) is 6.54 Å². The molecule has 8 heteroatoms. The molecule has 26 heavy (non-hydrogen) atoms. The van der Waals surface area contributed by atoms with Crippen LogP contribution in [0.15, 0.2) is 48.5 Å². The summed E-state index contributed by atoms with van der Waals surface area (Å²) in [7, 11) is 1.54. The van der Waals surface area contributed by atoms with Crippen molar-refractivity contribution in [3.8, 4) is 0 Å². The van der Waals surface area contributed by atoms with Gasteiger partial charge in [0.15, 0.2) is 6.10 Å². The monoisotopic (exact) mass is 357 g/mol. The van der Waals surface area contributed by atoms with E-state index in [-0.39, 0.29) is 16.9 Å². The minimum absolute atomic E-state index is 0.00147. The second-order valence-corrected chi connectivity index (χ2v) is 5.49. The second-order valence-electron chi connectivity index (χ2n) is 5.49. The summed E-state index contributed by atoms with van der Waals surface area (Å²) in [5.74, 6) is -1.26. The lowest BCUT2D eigenvalue weighted by Crippen LogP contribution is -2.35. The molecule has 1 unspecified atom stereocenters. The maximum absolute atomic E-state index is 12.2. The number of rotatable bonds is 7. The lowest BCUT2D eigenvalue weighted by atomic mass is 10.1. The topological polar surface area (TPSA) is 111 Å². The predicted molar refractivity (Wildman–Crippen MR) is 95.8 cm³/mol. The number of anilines is 1. The van der Waals surface area contributed by atoms with Crippen LogP contribution < -0.4 is 10.6 Å². The number of hydrogen-bond acceptors (Lipinski definition) is 6. The maximum Gasteiger partial charge on any atom is 0.339 e. The molecule has 0 aliphatic heterocycles. The molecule has 1 atom stereocenters.